The summed E-state index contributed by atoms with van der Waals surface area (Å²) >= 11 is 3.45. The van der Waals surface area contributed by atoms with Gasteiger partial charge in [-0.05, 0) is 24.2 Å². The van der Waals surface area contributed by atoms with Gasteiger partial charge < -0.3 is 0 Å². The van der Waals surface area contributed by atoms with Gasteiger partial charge in [0, 0.05) is 6.42 Å². The first kappa shape index (κ1) is 15.1. The van der Waals surface area contributed by atoms with Crippen molar-refractivity contribution in [2.75, 3.05) is 12.5 Å². The van der Waals surface area contributed by atoms with Crippen LogP contribution in [0.5, 0.6) is 0 Å². The van der Waals surface area contributed by atoms with E-state index in [9.17, 15) is 4.79 Å². The van der Waals surface area contributed by atoms with E-state index in [1.807, 2.05) is 61.1 Å². The molecule has 0 saturated heterocycles. The minimum atomic E-state index is 0.182. The average Bonchev–Trinajstić information content (AvgIpc) is 2.42. The molecule has 0 radical (unpaired) electrons. The van der Waals surface area contributed by atoms with Crippen molar-refractivity contribution in [1.82, 2.24) is 0 Å². The van der Waals surface area contributed by atoms with Crippen molar-refractivity contribution in [2.45, 2.75) is 11.0 Å². The fourth-order valence-corrected chi connectivity index (χ4v) is 2.82. The lowest BCUT2D eigenvalue weighted by atomic mass is 10.2. The van der Waals surface area contributed by atoms with Crippen LogP contribution in [0, 0.1) is 0 Å². The van der Waals surface area contributed by atoms with Crippen LogP contribution in [0.1, 0.15) is 12.0 Å². The van der Waals surface area contributed by atoms with Gasteiger partial charge in [0.15, 0.2) is 5.78 Å². The molecule has 18 heavy (non-hydrogen) atoms. The molecule has 0 aromatic heterocycles. The Bertz CT molecular complexity index is 406. The lowest BCUT2D eigenvalue weighted by molar-refractivity contribution is -0.114. The molecule has 3 heteroatoms. The summed E-state index contributed by atoms with van der Waals surface area (Å²) in [5.41, 5.74) is 1.14. The molecule has 0 aliphatic rings. The topological polar surface area (TPSA) is 17.1 Å². The molecule has 96 valence electrons. The molecule has 0 aliphatic carbocycles. The van der Waals surface area contributed by atoms with Crippen LogP contribution < -0.4 is 0 Å². The molecule has 0 heterocycles. The molecule has 1 rings (SSSR count). The zero-order chi connectivity index (χ0) is 13.2. The molecule has 0 spiro atoms. The summed E-state index contributed by atoms with van der Waals surface area (Å²) in [5, 5.41) is 0. The zero-order valence-corrected chi connectivity index (χ0v) is 12.3. The van der Waals surface area contributed by atoms with Gasteiger partial charge in [0.05, 0.1) is 4.58 Å². The summed E-state index contributed by atoms with van der Waals surface area (Å²) in [5.74, 6) is 0.182. The summed E-state index contributed by atoms with van der Waals surface area (Å²) in [7, 11) is 0. The number of ketones is 1. The molecular formula is C15H18OS2. The van der Waals surface area contributed by atoms with Gasteiger partial charge in [0.2, 0.25) is 0 Å². The van der Waals surface area contributed by atoms with E-state index in [0.717, 1.165) is 5.56 Å². The molecule has 0 unspecified atom stereocenters. The second-order valence-corrected chi connectivity index (χ2v) is 6.08. The molecule has 0 bridgehead atoms. The Morgan fingerprint density at radius 3 is 2.44 bits per heavy atom. The van der Waals surface area contributed by atoms with Gasteiger partial charge in [-0.2, -0.15) is 23.5 Å². The van der Waals surface area contributed by atoms with Crippen LogP contribution in [-0.4, -0.2) is 22.9 Å². The van der Waals surface area contributed by atoms with Crippen LogP contribution in [0.4, 0.5) is 0 Å². The predicted octanol–water partition coefficient (Wildman–Crippen LogP) is 4.27. The molecule has 0 fully saturated rings. The van der Waals surface area contributed by atoms with E-state index in [1.54, 1.807) is 29.6 Å². The van der Waals surface area contributed by atoms with Crippen LogP contribution in [0.15, 0.2) is 48.6 Å². The van der Waals surface area contributed by atoms with Gasteiger partial charge in [-0.15, -0.1) is 0 Å². The number of hydrogen-bond donors (Lipinski definition) is 0. The van der Waals surface area contributed by atoms with E-state index in [0.29, 0.717) is 11.0 Å². The molecule has 1 aromatic carbocycles. The number of allylic oxidation sites excluding steroid dienone is 3. The SMILES string of the molecule is CSC(CC(=O)/C=C/C=C/c1ccccc1)SC. The normalized spacial score (nSPS) is 11.7. The standard InChI is InChI=1S/C15H18OS2/c1-17-15(18-2)12-14(16)11-7-6-10-13-8-4-3-5-9-13/h3-11,15H,12H2,1-2H3/b10-6+,11-7+. The third kappa shape index (κ3) is 6.12. The van der Waals surface area contributed by atoms with Crippen molar-refractivity contribution in [2.24, 2.45) is 0 Å². The minimum Gasteiger partial charge on any atom is -0.295 e. The number of carbonyl (C=O) groups excluding carboxylic acids is 1. The maximum Gasteiger partial charge on any atom is 0.157 e. The van der Waals surface area contributed by atoms with E-state index in [1.165, 1.54) is 0 Å². The number of carbonyl (C=O) groups is 1. The molecule has 1 nitrogen and oxygen atoms in total. The monoisotopic (exact) mass is 278 g/mol. The first-order valence-corrected chi connectivity index (χ1v) is 8.32. The van der Waals surface area contributed by atoms with E-state index in [-0.39, 0.29) is 5.78 Å². The summed E-state index contributed by atoms with van der Waals surface area (Å²) < 4.78 is 0.361. The summed E-state index contributed by atoms with van der Waals surface area (Å²) in [6.45, 7) is 0. The van der Waals surface area contributed by atoms with Gasteiger partial charge in [-0.3, -0.25) is 4.79 Å². The van der Waals surface area contributed by atoms with Crippen LogP contribution in [0.3, 0.4) is 0 Å². The second-order valence-electron chi connectivity index (χ2n) is 3.70. The van der Waals surface area contributed by atoms with Crippen molar-refractivity contribution in [3.63, 3.8) is 0 Å². The molecule has 0 amide bonds. The maximum atomic E-state index is 11.6. The second kappa shape index (κ2) is 9.06. The molecule has 0 atom stereocenters. The minimum absolute atomic E-state index is 0.182. The Labute approximate surface area is 118 Å². The molecular weight excluding hydrogens is 260 g/mol. The molecule has 1 aromatic rings. The zero-order valence-electron chi connectivity index (χ0n) is 10.7. The van der Waals surface area contributed by atoms with Gasteiger partial charge in [-0.25, -0.2) is 0 Å². The van der Waals surface area contributed by atoms with Gasteiger partial charge in [0.1, 0.15) is 0 Å². The van der Waals surface area contributed by atoms with Crippen molar-refractivity contribution < 1.29 is 4.79 Å². The van der Waals surface area contributed by atoms with Gasteiger partial charge >= 0.3 is 0 Å². The highest BCUT2D eigenvalue weighted by Gasteiger charge is 2.08. The smallest absolute Gasteiger partial charge is 0.157 e. The Morgan fingerprint density at radius 2 is 1.83 bits per heavy atom. The van der Waals surface area contributed by atoms with Crippen LogP contribution >= 0.6 is 23.5 Å². The van der Waals surface area contributed by atoms with E-state index < -0.39 is 0 Å². The van der Waals surface area contributed by atoms with Crippen molar-refractivity contribution in [3.8, 4) is 0 Å². The van der Waals surface area contributed by atoms with Crippen LogP contribution in [0.2, 0.25) is 0 Å². The fourth-order valence-electron chi connectivity index (χ4n) is 1.39. The first-order valence-electron chi connectivity index (χ1n) is 5.74. The summed E-state index contributed by atoms with van der Waals surface area (Å²) in [6.07, 6.45) is 12.0. The molecule has 0 aliphatic heterocycles. The van der Waals surface area contributed by atoms with Gasteiger partial charge in [-0.1, -0.05) is 48.6 Å². The summed E-state index contributed by atoms with van der Waals surface area (Å²) in [4.78, 5) is 11.6. The Morgan fingerprint density at radius 1 is 1.17 bits per heavy atom. The van der Waals surface area contributed by atoms with Crippen molar-refractivity contribution in [1.29, 1.82) is 0 Å². The van der Waals surface area contributed by atoms with E-state index >= 15 is 0 Å². The van der Waals surface area contributed by atoms with Gasteiger partial charge in [0.25, 0.3) is 0 Å². The third-order valence-electron chi connectivity index (χ3n) is 2.38. The van der Waals surface area contributed by atoms with Crippen LogP contribution in [-0.2, 0) is 4.79 Å². The highest BCUT2D eigenvalue weighted by atomic mass is 32.2. The lowest BCUT2D eigenvalue weighted by Gasteiger charge is -2.07. The largest absolute Gasteiger partial charge is 0.295 e. The predicted molar refractivity (Wildman–Crippen MR) is 85.1 cm³/mol. The number of thioether (sulfide) groups is 2. The lowest BCUT2D eigenvalue weighted by Crippen LogP contribution is -2.03. The first-order chi connectivity index (χ1) is 8.76. The van der Waals surface area contributed by atoms with Crippen molar-refractivity contribution >= 4 is 35.4 Å². The molecule has 0 saturated carbocycles. The highest BCUT2D eigenvalue weighted by molar-refractivity contribution is 8.16. The van der Waals surface area contributed by atoms with E-state index in [4.69, 9.17) is 0 Å². The number of rotatable bonds is 7. The Balaban J connectivity index is 2.41. The fraction of sp³-hybridized carbons (Fsp3) is 0.267. The van der Waals surface area contributed by atoms with Crippen LogP contribution in [0.25, 0.3) is 6.08 Å². The Kier molecular flexibility index (Phi) is 7.62. The molecule has 0 N–H and O–H groups in total. The number of hydrogen-bond acceptors (Lipinski definition) is 3. The number of benzene rings is 1. The third-order valence-corrected chi connectivity index (χ3v) is 4.91. The Hall–Kier alpha value is -0.930. The highest BCUT2D eigenvalue weighted by Crippen LogP contribution is 2.22. The maximum absolute atomic E-state index is 11.6. The average molecular weight is 278 g/mol. The van der Waals surface area contributed by atoms with Crippen molar-refractivity contribution in [3.05, 3.63) is 54.1 Å². The quantitative estimate of drug-likeness (QED) is 0.421. The van der Waals surface area contributed by atoms with E-state index in [2.05, 4.69) is 0 Å². The summed E-state index contributed by atoms with van der Waals surface area (Å²) in [6, 6.07) is 10.0.